The van der Waals surface area contributed by atoms with E-state index in [0.29, 0.717) is 18.9 Å². The van der Waals surface area contributed by atoms with Crippen LogP contribution in [0.4, 0.5) is 13.6 Å². The molecule has 0 atom stereocenters. The predicted octanol–water partition coefficient (Wildman–Crippen LogP) is 6.33. The summed E-state index contributed by atoms with van der Waals surface area (Å²) >= 11 is 0. The number of nitrogens with two attached hydrogens (primary N) is 1. The van der Waals surface area contributed by atoms with Gasteiger partial charge in [-0.05, 0) is 74.6 Å². The molecule has 10 nitrogen and oxygen atoms in total. The Bertz CT molecular complexity index is 1770. The first kappa shape index (κ1) is 33.1. The molecule has 1 saturated heterocycles. The summed E-state index contributed by atoms with van der Waals surface area (Å²) in [5, 5.41) is 5.59. The highest BCUT2D eigenvalue weighted by Gasteiger charge is 2.28. The molecule has 244 valence electrons. The number of rotatable bonds is 8. The van der Waals surface area contributed by atoms with E-state index >= 15 is 0 Å². The molecule has 2 N–H and O–H groups in total. The van der Waals surface area contributed by atoms with Gasteiger partial charge in [-0.1, -0.05) is 24.8 Å². The van der Waals surface area contributed by atoms with E-state index in [2.05, 4.69) is 21.6 Å². The number of hydrogen-bond donors (Lipinski definition) is 1. The molecule has 47 heavy (non-hydrogen) atoms. The summed E-state index contributed by atoms with van der Waals surface area (Å²) in [5.74, 6) is 4.54. The van der Waals surface area contributed by atoms with E-state index in [1.54, 1.807) is 23.5 Å². The van der Waals surface area contributed by atoms with Gasteiger partial charge in [0.05, 0.1) is 18.8 Å². The van der Waals surface area contributed by atoms with Crippen molar-refractivity contribution in [3.63, 3.8) is 0 Å². The van der Waals surface area contributed by atoms with E-state index in [1.807, 2.05) is 55.9 Å². The minimum atomic E-state index is -0.735. The minimum Gasteiger partial charge on any atom is -0.444 e. The summed E-state index contributed by atoms with van der Waals surface area (Å²) in [6.07, 6.45) is 11.1. The van der Waals surface area contributed by atoms with Crippen molar-refractivity contribution < 1.29 is 23.1 Å². The molecule has 2 amide bonds. The van der Waals surface area contributed by atoms with Gasteiger partial charge >= 0.3 is 6.09 Å². The van der Waals surface area contributed by atoms with Gasteiger partial charge < -0.3 is 9.64 Å². The van der Waals surface area contributed by atoms with Crippen LogP contribution in [0.1, 0.15) is 50.8 Å². The predicted molar refractivity (Wildman–Crippen MR) is 174 cm³/mol. The molecular formula is C35H37F2N7O3. The van der Waals surface area contributed by atoms with Crippen LogP contribution >= 0.6 is 0 Å². The van der Waals surface area contributed by atoms with Gasteiger partial charge in [-0.3, -0.25) is 14.5 Å². The second-order valence-electron chi connectivity index (χ2n) is 12.4. The highest BCUT2D eigenvalue weighted by Crippen LogP contribution is 2.27. The van der Waals surface area contributed by atoms with Crippen LogP contribution in [0.15, 0.2) is 86.0 Å². The number of hydrazine groups is 1. The summed E-state index contributed by atoms with van der Waals surface area (Å²) in [4.78, 5) is 35.9. The number of carbonyl (C=O) groups excluding carboxylic acids is 2. The SMILES string of the molecule is C=C(/C=C\C(=O)N(N)Cc1cccc(-c2ncc(-c3cnn(C4CCN(C(=O)OC(C)(C)C)CC4)c3)cn2)c1)c1cc(F)cc(F)c1. The molecule has 0 spiro atoms. The number of carbonyl (C=O) groups is 2. The fourth-order valence-electron chi connectivity index (χ4n) is 5.14. The fourth-order valence-corrected chi connectivity index (χ4v) is 5.14. The summed E-state index contributed by atoms with van der Waals surface area (Å²) < 4.78 is 34.5. The minimum absolute atomic E-state index is 0.103. The van der Waals surface area contributed by atoms with Crippen molar-refractivity contribution >= 4 is 17.6 Å². The third kappa shape index (κ3) is 8.73. The lowest BCUT2D eigenvalue weighted by atomic mass is 10.1. The van der Waals surface area contributed by atoms with Gasteiger partial charge in [0.15, 0.2) is 5.82 Å². The van der Waals surface area contributed by atoms with Crippen LogP contribution in [0, 0.1) is 11.6 Å². The third-order valence-corrected chi connectivity index (χ3v) is 7.56. The van der Waals surface area contributed by atoms with Crippen molar-refractivity contribution in [2.45, 2.75) is 51.8 Å². The van der Waals surface area contributed by atoms with E-state index in [9.17, 15) is 18.4 Å². The Hall–Kier alpha value is -5.23. The topological polar surface area (TPSA) is 119 Å². The molecule has 0 saturated carbocycles. The van der Waals surface area contributed by atoms with Crippen molar-refractivity contribution in [2.75, 3.05) is 13.1 Å². The second-order valence-corrected chi connectivity index (χ2v) is 12.4. The van der Waals surface area contributed by atoms with Crippen molar-refractivity contribution in [3.05, 3.63) is 109 Å². The number of benzene rings is 2. The summed E-state index contributed by atoms with van der Waals surface area (Å²) in [6.45, 7) is 10.7. The zero-order valence-corrected chi connectivity index (χ0v) is 26.6. The third-order valence-electron chi connectivity index (χ3n) is 7.56. The van der Waals surface area contributed by atoms with Gasteiger partial charge in [-0.2, -0.15) is 5.10 Å². The van der Waals surface area contributed by atoms with Crippen LogP contribution in [0.25, 0.3) is 28.1 Å². The lowest BCUT2D eigenvalue weighted by molar-refractivity contribution is -0.126. The molecule has 5 rings (SSSR count). The fraction of sp³-hybridized carbons (Fsp3) is 0.286. The number of ether oxygens (including phenoxy) is 1. The Labute approximate surface area is 272 Å². The molecule has 1 aliphatic heterocycles. The van der Waals surface area contributed by atoms with Gasteiger partial charge in [0, 0.05) is 60.5 Å². The maximum atomic E-state index is 13.5. The highest BCUT2D eigenvalue weighted by molar-refractivity contribution is 5.90. The van der Waals surface area contributed by atoms with E-state index in [4.69, 9.17) is 10.6 Å². The lowest BCUT2D eigenvalue weighted by Gasteiger charge is -2.33. The average molecular weight is 642 g/mol. The van der Waals surface area contributed by atoms with E-state index in [0.717, 1.165) is 58.3 Å². The second kappa shape index (κ2) is 14.0. The van der Waals surface area contributed by atoms with Gasteiger partial charge in [0.25, 0.3) is 5.91 Å². The Balaban J connectivity index is 1.17. The van der Waals surface area contributed by atoms with Crippen LogP contribution in [0.5, 0.6) is 0 Å². The van der Waals surface area contributed by atoms with Gasteiger partial charge in [-0.15, -0.1) is 0 Å². The molecule has 2 aromatic heterocycles. The van der Waals surface area contributed by atoms with Crippen molar-refractivity contribution in [2.24, 2.45) is 5.84 Å². The number of amides is 2. The average Bonchev–Trinajstić information content (AvgIpc) is 3.53. The van der Waals surface area contributed by atoms with E-state index in [-0.39, 0.29) is 29.8 Å². The zero-order valence-electron chi connectivity index (χ0n) is 26.6. The summed E-state index contributed by atoms with van der Waals surface area (Å²) in [5.41, 5.74) is 3.17. The molecular weight excluding hydrogens is 604 g/mol. The molecule has 2 aromatic carbocycles. The maximum Gasteiger partial charge on any atom is 0.410 e. The van der Waals surface area contributed by atoms with Gasteiger partial charge in [0.2, 0.25) is 0 Å². The highest BCUT2D eigenvalue weighted by atomic mass is 19.1. The number of allylic oxidation sites excluding steroid dienone is 2. The monoisotopic (exact) mass is 641 g/mol. The first-order valence-corrected chi connectivity index (χ1v) is 15.2. The largest absolute Gasteiger partial charge is 0.444 e. The van der Waals surface area contributed by atoms with Gasteiger partial charge in [-0.25, -0.2) is 29.4 Å². The quantitative estimate of drug-likeness (QED) is 0.0785. The van der Waals surface area contributed by atoms with Crippen LogP contribution in [-0.4, -0.2) is 60.3 Å². The molecule has 0 bridgehead atoms. The number of aromatic nitrogens is 4. The number of halogens is 2. The van der Waals surface area contributed by atoms with E-state index < -0.39 is 23.1 Å². The molecule has 4 aromatic rings. The molecule has 0 radical (unpaired) electrons. The van der Waals surface area contributed by atoms with Crippen molar-refractivity contribution in [1.82, 2.24) is 29.7 Å². The maximum absolute atomic E-state index is 13.5. The Kier molecular flexibility index (Phi) is 9.90. The van der Waals surface area contributed by atoms with Crippen molar-refractivity contribution in [3.8, 4) is 22.5 Å². The van der Waals surface area contributed by atoms with Crippen molar-refractivity contribution in [1.29, 1.82) is 0 Å². The first-order chi connectivity index (χ1) is 22.3. The first-order valence-electron chi connectivity index (χ1n) is 15.2. The Morgan fingerprint density at radius 2 is 1.68 bits per heavy atom. The summed E-state index contributed by atoms with van der Waals surface area (Å²) in [7, 11) is 0. The number of piperidine rings is 1. The summed E-state index contributed by atoms with van der Waals surface area (Å²) in [6, 6.07) is 10.6. The van der Waals surface area contributed by atoms with Crippen LogP contribution in [-0.2, 0) is 16.1 Å². The number of hydrogen-bond acceptors (Lipinski definition) is 7. The Morgan fingerprint density at radius 1 is 1.00 bits per heavy atom. The zero-order chi connectivity index (χ0) is 33.7. The molecule has 12 heteroatoms. The lowest BCUT2D eigenvalue weighted by Crippen LogP contribution is -2.42. The van der Waals surface area contributed by atoms with Crippen LogP contribution in [0.3, 0.4) is 0 Å². The molecule has 0 aliphatic carbocycles. The molecule has 1 fully saturated rings. The Morgan fingerprint density at radius 3 is 2.34 bits per heavy atom. The molecule has 0 unspecified atom stereocenters. The smallest absolute Gasteiger partial charge is 0.410 e. The van der Waals surface area contributed by atoms with E-state index in [1.165, 1.54) is 12.2 Å². The van der Waals surface area contributed by atoms with Gasteiger partial charge in [0.1, 0.15) is 17.2 Å². The number of likely N-dealkylation sites (tertiary alicyclic amines) is 1. The molecule has 3 heterocycles. The van der Waals surface area contributed by atoms with Crippen LogP contribution in [0.2, 0.25) is 0 Å². The number of nitrogens with zero attached hydrogens (tertiary/aromatic N) is 6. The standard InChI is InChI=1S/C35H37F2N7O3/c1-23(26-15-29(36)17-30(37)16-26)8-9-32(45)43(38)21-24-6-5-7-25(14-24)33-39-18-27(19-40-33)28-20-41-44(22-28)31-10-12-42(13-11-31)34(46)47-35(2,3)4/h5-9,14-20,22,31H,1,10-13,21,38H2,2-4H3/b9-8-. The molecule has 1 aliphatic rings. The van der Waals surface area contributed by atoms with Crippen LogP contribution < -0.4 is 5.84 Å². The normalized spacial score (nSPS) is 14.0.